The van der Waals surface area contributed by atoms with Crippen molar-refractivity contribution in [3.05, 3.63) is 24.2 Å². The van der Waals surface area contributed by atoms with Crippen molar-refractivity contribution in [2.45, 2.75) is 51.0 Å². The molecule has 0 saturated heterocycles. The van der Waals surface area contributed by atoms with Crippen LogP contribution in [0.3, 0.4) is 0 Å². The summed E-state index contributed by atoms with van der Waals surface area (Å²) in [6.07, 6.45) is 9.51. The average molecular weight is 321 g/mol. The molecule has 0 unspecified atom stereocenters. The lowest BCUT2D eigenvalue weighted by atomic mass is 10.1. The van der Waals surface area contributed by atoms with Crippen LogP contribution in [0.25, 0.3) is 0 Å². The van der Waals surface area contributed by atoms with E-state index in [1.54, 1.807) is 12.1 Å². The number of rotatable bonds is 8. The second-order valence-electron chi connectivity index (χ2n) is 5.98. The predicted molar refractivity (Wildman–Crippen MR) is 88.2 cm³/mol. The number of carbonyl (C=O) groups is 2. The molecular formula is C17H27N3O3. The lowest BCUT2D eigenvalue weighted by Gasteiger charge is -2.16. The van der Waals surface area contributed by atoms with Gasteiger partial charge in [0.05, 0.1) is 6.26 Å². The predicted octanol–water partition coefficient (Wildman–Crippen LogP) is 1.83. The second-order valence-corrected chi connectivity index (χ2v) is 5.98. The summed E-state index contributed by atoms with van der Waals surface area (Å²) >= 11 is 0. The average Bonchev–Trinajstić information content (AvgIpc) is 2.96. The van der Waals surface area contributed by atoms with Gasteiger partial charge in [-0.1, -0.05) is 25.7 Å². The molecule has 0 bridgehead atoms. The van der Waals surface area contributed by atoms with E-state index in [2.05, 4.69) is 16.0 Å². The molecule has 6 nitrogen and oxygen atoms in total. The maximum absolute atomic E-state index is 11.7. The highest BCUT2D eigenvalue weighted by molar-refractivity contribution is 5.91. The lowest BCUT2D eigenvalue weighted by Crippen LogP contribution is -2.37. The molecule has 23 heavy (non-hydrogen) atoms. The first-order chi connectivity index (χ1) is 11.3. The zero-order valence-corrected chi connectivity index (χ0v) is 13.6. The first kappa shape index (κ1) is 17.5. The third-order valence-corrected chi connectivity index (χ3v) is 4.12. The minimum Gasteiger partial charge on any atom is -0.459 e. The Kier molecular flexibility index (Phi) is 7.66. The van der Waals surface area contributed by atoms with Gasteiger partial charge in [0, 0.05) is 32.1 Å². The third-order valence-electron chi connectivity index (χ3n) is 4.12. The first-order valence-electron chi connectivity index (χ1n) is 8.57. The Morgan fingerprint density at radius 2 is 1.83 bits per heavy atom. The van der Waals surface area contributed by atoms with Gasteiger partial charge in [-0.2, -0.15) is 0 Å². The molecular weight excluding hydrogens is 294 g/mol. The van der Waals surface area contributed by atoms with Crippen molar-refractivity contribution in [3.8, 4) is 0 Å². The SMILES string of the molecule is O=C(CCNC(=O)c1ccco1)NCCNC1CCCCCC1. The standard InChI is InChI=1S/C17H27N3O3/c21-16(9-10-20-17(22)15-8-5-13-23-15)19-12-11-18-14-6-3-1-2-4-7-14/h5,8,13-14,18H,1-4,6-7,9-12H2,(H,19,21)(H,20,22). The van der Waals surface area contributed by atoms with Crippen molar-refractivity contribution in [2.75, 3.05) is 19.6 Å². The summed E-state index contributed by atoms with van der Waals surface area (Å²) in [6.45, 7) is 1.73. The van der Waals surface area contributed by atoms with Crippen molar-refractivity contribution >= 4 is 11.8 Å². The molecule has 0 spiro atoms. The molecule has 1 aromatic heterocycles. The first-order valence-corrected chi connectivity index (χ1v) is 8.57. The number of furan rings is 1. The Morgan fingerprint density at radius 3 is 2.52 bits per heavy atom. The number of amides is 2. The van der Waals surface area contributed by atoms with E-state index in [0.29, 0.717) is 19.1 Å². The van der Waals surface area contributed by atoms with Gasteiger partial charge in [0.2, 0.25) is 5.91 Å². The van der Waals surface area contributed by atoms with Gasteiger partial charge in [-0.25, -0.2) is 0 Å². The molecule has 0 radical (unpaired) electrons. The van der Waals surface area contributed by atoms with Crippen LogP contribution in [0.2, 0.25) is 0 Å². The molecule has 2 rings (SSSR count). The quantitative estimate of drug-likeness (QED) is 0.504. The Bertz CT molecular complexity index is 465. The van der Waals surface area contributed by atoms with Gasteiger partial charge in [-0.15, -0.1) is 0 Å². The molecule has 3 N–H and O–H groups in total. The molecule has 128 valence electrons. The van der Waals surface area contributed by atoms with Gasteiger partial charge < -0.3 is 20.4 Å². The van der Waals surface area contributed by atoms with Gasteiger partial charge in [0.15, 0.2) is 5.76 Å². The summed E-state index contributed by atoms with van der Waals surface area (Å²) in [5.74, 6) is -0.0803. The van der Waals surface area contributed by atoms with Gasteiger partial charge in [0.1, 0.15) is 0 Å². The Balaban J connectivity index is 1.49. The number of hydrogen-bond donors (Lipinski definition) is 3. The van der Waals surface area contributed by atoms with Crippen LogP contribution in [-0.4, -0.2) is 37.5 Å². The number of hydrogen-bond acceptors (Lipinski definition) is 4. The van der Waals surface area contributed by atoms with E-state index in [0.717, 1.165) is 6.54 Å². The summed E-state index contributed by atoms with van der Waals surface area (Å²) in [7, 11) is 0. The highest BCUT2D eigenvalue weighted by atomic mass is 16.3. The van der Waals surface area contributed by atoms with Crippen LogP contribution in [0.4, 0.5) is 0 Å². The highest BCUT2D eigenvalue weighted by Gasteiger charge is 2.11. The van der Waals surface area contributed by atoms with Crippen LogP contribution in [0.15, 0.2) is 22.8 Å². The lowest BCUT2D eigenvalue weighted by molar-refractivity contribution is -0.120. The van der Waals surface area contributed by atoms with Crippen LogP contribution in [0, 0.1) is 0 Å². The summed E-state index contributed by atoms with van der Waals surface area (Å²) in [5.41, 5.74) is 0. The molecule has 0 aromatic carbocycles. The highest BCUT2D eigenvalue weighted by Crippen LogP contribution is 2.16. The molecule has 1 fully saturated rings. The normalized spacial score (nSPS) is 15.8. The molecule has 6 heteroatoms. The van der Waals surface area contributed by atoms with Crippen molar-refractivity contribution < 1.29 is 14.0 Å². The van der Waals surface area contributed by atoms with E-state index in [1.165, 1.54) is 44.8 Å². The van der Waals surface area contributed by atoms with Crippen molar-refractivity contribution in [2.24, 2.45) is 0 Å². The van der Waals surface area contributed by atoms with E-state index in [1.807, 2.05) is 0 Å². The zero-order chi connectivity index (χ0) is 16.3. The maximum atomic E-state index is 11.7. The minimum atomic E-state index is -0.294. The van der Waals surface area contributed by atoms with Crippen LogP contribution in [-0.2, 0) is 4.79 Å². The molecule has 1 aliphatic rings. The zero-order valence-electron chi connectivity index (χ0n) is 13.6. The summed E-state index contributed by atoms with van der Waals surface area (Å²) in [6, 6.07) is 3.85. The van der Waals surface area contributed by atoms with E-state index in [9.17, 15) is 9.59 Å². The fourth-order valence-corrected chi connectivity index (χ4v) is 2.83. The fraction of sp³-hybridized carbons (Fsp3) is 0.647. The molecule has 1 aliphatic carbocycles. The van der Waals surface area contributed by atoms with Crippen molar-refractivity contribution in [1.29, 1.82) is 0 Å². The Morgan fingerprint density at radius 1 is 1.04 bits per heavy atom. The largest absolute Gasteiger partial charge is 0.459 e. The fourth-order valence-electron chi connectivity index (χ4n) is 2.83. The van der Waals surface area contributed by atoms with Crippen LogP contribution in [0.5, 0.6) is 0 Å². The van der Waals surface area contributed by atoms with Gasteiger partial charge in [-0.05, 0) is 25.0 Å². The Labute approximate surface area is 137 Å². The second kappa shape index (κ2) is 10.0. The topological polar surface area (TPSA) is 83.4 Å². The van der Waals surface area contributed by atoms with Crippen molar-refractivity contribution in [3.63, 3.8) is 0 Å². The summed E-state index contributed by atoms with van der Waals surface area (Å²) < 4.78 is 4.98. The van der Waals surface area contributed by atoms with E-state index in [-0.39, 0.29) is 24.0 Å². The van der Waals surface area contributed by atoms with Crippen molar-refractivity contribution in [1.82, 2.24) is 16.0 Å². The van der Waals surface area contributed by atoms with Crippen LogP contribution >= 0.6 is 0 Å². The molecule has 2 amide bonds. The molecule has 1 heterocycles. The summed E-state index contributed by atoms with van der Waals surface area (Å²) in [4.78, 5) is 23.3. The summed E-state index contributed by atoms with van der Waals surface area (Å²) in [5, 5.41) is 9.04. The van der Waals surface area contributed by atoms with Gasteiger partial charge >= 0.3 is 0 Å². The van der Waals surface area contributed by atoms with Crippen LogP contribution < -0.4 is 16.0 Å². The van der Waals surface area contributed by atoms with E-state index < -0.39 is 0 Å². The van der Waals surface area contributed by atoms with E-state index in [4.69, 9.17) is 4.42 Å². The molecule has 1 saturated carbocycles. The van der Waals surface area contributed by atoms with Gasteiger partial charge in [-0.3, -0.25) is 9.59 Å². The number of nitrogens with one attached hydrogen (secondary N) is 3. The van der Waals surface area contributed by atoms with Gasteiger partial charge in [0.25, 0.3) is 5.91 Å². The van der Waals surface area contributed by atoms with E-state index >= 15 is 0 Å². The molecule has 0 atom stereocenters. The minimum absolute atomic E-state index is 0.0487. The Hall–Kier alpha value is -1.82. The smallest absolute Gasteiger partial charge is 0.286 e. The molecule has 1 aromatic rings. The number of carbonyl (C=O) groups excluding carboxylic acids is 2. The van der Waals surface area contributed by atoms with Crippen LogP contribution in [0.1, 0.15) is 55.5 Å². The maximum Gasteiger partial charge on any atom is 0.286 e. The monoisotopic (exact) mass is 321 g/mol. The molecule has 0 aliphatic heterocycles. The third kappa shape index (κ3) is 6.86.